The minimum Gasteiger partial charge on any atom is -0.379 e. The lowest BCUT2D eigenvalue weighted by atomic mass is 10.0. The Morgan fingerprint density at radius 3 is 2.61 bits per heavy atom. The molecule has 0 bridgehead atoms. The van der Waals surface area contributed by atoms with Gasteiger partial charge in [0, 0.05) is 37.6 Å². The zero-order valence-corrected chi connectivity index (χ0v) is 14.9. The van der Waals surface area contributed by atoms with Gasteiger partial charge in [-0.05, 0) is 26.6 Å². The first-order valence-corrected chi connectivity index (χ1v) is 10.7. The summed E-state index contributed by atoms with van der Waals surface area (Å²) in [6.45, 7) is 8.88. The van der Waals surface area contributed by atoms with Gasteiger partial charge in [-0.15, -0.1) is 0 Å². The van der Waals surface area contributed by atoms with Crippen molar-refractivity contribution in [2.45, 2.75) is 20.3 Å². The maximum Gasteiger partial charge on any atom is 0.190 e. The third kappa shape index (κ3) is 7.57. The Morgan fingerprint density at radius 2 is 2.00 bits per heavy atom. The maximum atomic E-state index is 11.8. The molecular weight excluding hydrogens is 381 g/mol. The molecule has 1 saturated heterocycles. The molecule has 106 valence electrons. The summed E-state index contributed by atoms with van der Waals surface area (Å²) in [6, 6.07) is 0. The summed E-state index contributed by atoms with van der Waals surface area (Å²) in [5.41, 5.74) is 0.241. The van der Waals surface area contributed by atoms with Gasteiger partial charge in [0.25, 0.3) is 0 Å². The zero-order valence-electron chi connectivity index (χ0n) is 11.1. The van der Waals surface area contributed by atoms with Crippen LogP contribution in [0.4, 0.5) is 0 Å². The first kappa shape index (κ1) is 17.1. The Kier molecular flexibility index (Phi) is 8.58. The summed E-state index contributed by atoms with van der Waals surface area (Å²) >= 11 is 3.82. The van der Waals surface area contributed by atoms with Crippen molar-refractivity contribution in [3.05, 3.63) is 0 Å². The Morgan fingerprint density at radius 1 is 1.33 bits per heavy atom. The van der Waals surface area contributed by atoms with E-state index in [0.717, 1.165) is 44.4 Å². The lowest BCUT2D eigenvalue weighted by Gasteiger charge is -2.26. The van der Waals surface area contributed by atoms with Gasteiger partial charge in [-0.25, -0.2) is 0 Å². The number of carbonyl (C=O) groups is 1. The van der Waals surface area contributed by atoms with Gasteiger partial charge >= 0.3 is 0 Å². The average molecular weight is 403 g/mol. The molecule has 1 aliphatic rings. The zero-order chi connectivity index (χ0) is 13.4. The molecule has 1 aliphatic heterocycles. The van der Waals surface area contributed by atoms with Crippen molar-refractivity contribution in [3.8, 4) is 0 Å². The normalized spacial score (nSPS) is 17.9. The highest BCUT2D eigenvalue weighted by Gasteiger charge is 2.20. The second-order valence-electron chi connectivity index (χ2n) is 5.28. The van der Waals surface area contributed by atoms with Crippen LogP contribution in [0.5, 0.6) is 0 Å². The largest absolute Gasteiger partial charge is 0.379 e. The molecule has 0 aromatic rings. The molecular formula is C12H22INO2S2. The summed E-state index contributed by atoms with van der Waals surface area (Å²) in [6.07, 6.45) is 0.665. The van der Waals surface area contributed by atoms with Gasteiger partial charge in [0.05, 0.1) is 13.2 Å². The summed E-state index contributed by atoms with van der Waals surface area (Å²) in [4.78, 5) is 14.1. The van der Waals surface area contributed by atoms with Gasteiger partial charge in [-0.2, -0.15) is 0 Å². The van der Waals surface area contributed by atoms with Crippen LogP contribution >= 0.6 is 41.9 Å². The second-order valence-corrected chi connectivity index (χ2v) is 8.69. The van der Waals surface area contributed by atoms with Crippen LogP contribution in [0.3, 0.4) is 0 Å². The van der Waals surface area contributed by atoms with E-state index in [4.69, 9.17) is 4.74 Å². The van der Waals surface area contributed by atoms with E-state index in [2.05, 4.69) is 40.0 Å². The van der Waals surface area contributed by atoms with Crippen molar-refractivity contribution in [2.24, 2.45) is 5.41 Å². The van der Waals surface area contributed by atoms with Gasteiger partial charge in [0.2, 0.25) is 0 Å². The molecule has 3 nitrogen and oxygen atoms in total. The van der Waals surface area contributed by atoms with Crippen LogP contribution in [0.15, 0.2) is 0 Å². The summed E-state index contributed by atoms with van der Waals surface area (Å²) in [5, 5.41) is 0.327. The number of morpholine rings is 1. The number of nitrogens with zero attached hydrogens (tertiary/aromatic N) is 1. The molecule has 0 N–H and O–H groups in total. The summed E-state index contributed by atoms with van der Waals surface area (Å²) < 4.78 is 5.29. The van der Waals surface area contributed by atoms with Gasteiger partial charge in [-0.3, -0.25) is 9.69 Å². The van der Waals surface area contributed by atoms with Crippen LogP contribution in [0.2, 0.25) is 0 Å². The number of hydrogen-bond acceptors (Lipinski definition) is 5. The fraction of sp³-hybridized carbons (Fsp3) is 0.917. The molecule has 1 rings (SSSR count). The quantitative estimate of drug-likeness (QED) is 0.610. The Balaban J connectivity index is 2.13. The van der Waals surface area contributed by atoms with Crippen LogP contribution < -0.4 is 0 Å². The average Bonchev–Trinajstić information content (AvgIpc) is 2.35. The highest BCUT2D eigenvalue weighted by molar-refractivity contribution is 14.2. The topological polar surface area (TPSA) is 29.5 Å². The third-order valence-electron chi connectivity index (χ3n) is 2.81. The molecule has 0 aromatic carbocycles. The van der Waals surface area contributed by atoms with Crippen LogP contribution in [0, 0.1) is 5.41 Å². The number of thioether (sulfide) groups is 1. The van der Waals surface area contributed by atoms with Crippen molar-refractivity contribution >= 4 is 47.0 Å². The highest BCUT2D eigenvalue weighted by atomic mass is 127. The molecule has 18 heavy (non-hydrogen) atoms. The van der Waals surface area contributed by atoms with Crippen LogP contribution in [-0.2, 0) is 9.53 Å². The predicted octanol–water partition coefficient (Wildman–Crippen LogP) is 3.08. The molecule has 0 unspecified atom stereocenters. The fourth-order valence-electron chi connectivity index (χ4n) is 1.61. The smallest absolute Gasteiger partial charge is 0.190 e. The molecule has 0 radical (unpaired) electrons. The number of ether oxygens (including phenoxy) is 1. The molecule has 0 spiro atoms. The van der Waals surface area contributed by atoms with Crippen molar-refractivity contribution < 1.29 is 9.53 Å². The monoisotopic (exact) mass is 403 g/mol. The minimum atomic E-state index is 0.241. The third-order valence-corrected chi connectivity index (χ3v) is 6.08. The lowest BCUT2D eigenvalue weighted by Crippen LogP contribution is -2.37. The lowest BCUT2D eigenvalue weighted by molar-refractivity contribution is -0.111. The Labute approximate surface area is 131 Å². The first-order chi connectivity index (χ1) is 8.53. The van der Waals surface area contributed by atoms with Crippen molar-refractivity contribution in [1.29, 1.82) is 0 Å². The van der Waals surface area contributed by atoms with E-state index in [0.29, 0.717) is 11.5 Å². The van der Waals surface area contributed by atoms with Crippen LogP contribution in [-0.4, -0.2) is 54.4 Å². The Hall–Kier alpha value is 1.02. The van der Waals surface area contributed by atoms with Gasteiger partial charge in [-0.1, -0.05) is 34.5 Å². The molecule has 0 amide bonds. The molecule has 0 aromatic heterocycles. The second kappa shape index (κ2) is 9.05. The molecule has 1 fully saturated rings. The van der Waals surface area contributed by atoms with E-state index in [-0.39, 0.29) is 5.41 Å². The summed E-state index contributed by atoms with van der Waals surface area (Å²) in [7, 11) is 1.82. The Bertz CT molecular complexity index is 258. The molecule has 0 aliphatic carbocycles. The number of halogens is 1. The van der Waals surface area contributed by atoms with E-state index >= 15 is 0 Å². The highest BCUT2D eigenvalue weighted by Crippen LogP contribution is 2.29. The van der Waals surface area contributed by atoms with E-state index in [1.165, 1.54) is 11.8 Å². The van der Waals surface area contributed by atoms with Crippen molar-refractivity contribution in [3.63, 3.8) is 0 Å². The molecule has 1 heterocycles. The number of carbonyl (C=O) groups excluding carboxylic acids is 1. The van der Waals surface area contributed by atoms with E-state index in [1.54, 1.807) is 0 Å². The first-order valence-electron chi connectivity index (χ1n) is 6.23. The van der Waals surface area contributed by atoms with Crippen LogP contribution in [0.1, 0.15) is 20.3 Å². The molecule has 6 heteroatoms. The molecule has 0 saturated carbocycles. The van der Waals surface area contributed by atoms with Crippen LogP contribution in [0.25, 0.3) is 0 Å². The summed E-state index contributed by atoms with van der Waals surface area (Å²) in [5.74, 6) is 2.02. The standard InChI is InChI=1S/C12H22INO2S2/c1-12(2,10-18-13)9-17-11(15)3-4-14-5-7-16-8-6-14/h3-10H2,1-2H3. The SMILES string of the molecule is CC(C)(CSI)CSC(=O)CCN1CCOCC1. The minimum absolute atomic E-state index is 0.241. The molecule has 0 atom stereocenters. The van der Waals surface area contributed by atoms with Gasteiger partial charge < -0.3 is 4.74 Å². The van der Waals surface area contributed by atoms with Gasteiger partial charge in [0.15, 0.2) is 5.12 Å². The predicted molar refractivity (Wildman–Crippen MR) is 89.6 cm³/mol. The van der Waals surface area contributed by atoms with Crippen molar-refractivity contribution in [2.75, 3.05) is 44.4 Å². The van der Waals surface area contributed by atoms with E-state index < -0.39 is 0 Å². The van der Waals surface area contributed by atoms with E-state index in [1.807, 2.05) is 8.93 Å². The number of hydrogen-bond donors (Lipinski definition) is 0. The fourth-order valence-corrected chi connectivity index (χ4v) is 5.56. The van der Waals surface area contributed by atoms with Crippen molar-refractivity contribution in [1.82, 2.24) is 4.90 Å². The maximum absolute atomic E-state index is 11.8. The van der Waals surface area contributed by atoms with E-state index in [9.17, 15) is 4.79 Å². The number of rotatable bonds is 7. The van der Waals surface area contributed by atoms with Gasteiger partial charge in [0.1, 0.15) is 0 Å².